The van der Waals surface area contributed by atoms with Crippen LogP contribution < -0.4 is 21.7 Å². The molecule has 2 aromatic rings. The molecule has 0 heterocycles. The third-order valence-electron chi connectivity index (χ3n) is 10.4. The van der Waals surface area contributed by atoms with Crippen LogP contribution in [0.15, 0.2) is 60.7 Å². The van der Waals surface area contributed by atoms with Crippen molar-refractivity contribution in [3.05, 3.63) is 71.8 Å². The summed E-state index contributed by atoms with van der Waals surface area (Å²) in [6, 6.07) is 17.9. The predicted molar refractivity (Wildman–Crippen MR) is 252 cm³/mol. The van der Waals surface area contributed by atoms with Gasteiger partial charge in [0.15, 0.2) is 0 Å². The molecule has 5 N–H and O–H groups in total. The lowest BCUT2D eigenvalue weighted by Gasteiger charge is -2.18. The van der Waals surface area contributed by atoms with Gasteiger partial charge in [0, 0.05) is 45.4 Å². The second-order valence-corrected chi connectivity index (χ2v) is 16.3. The van der Waals surface area contributed by atoms with Crippen LogP contribution in [0.4, 0.5) is 0 Å². The molecule has 2 aromatic carbocycles. The van der Waals surface area contributed by atoms with E-state index in [4.69, 9.17) is 36.3 Å². The van der Waals surface area contributed by atoms with E-state index in [-0.39, 0.29) is 102 Å². The van der Waals surface area contributed by atoms with Crippen LogP contribution in [0, 0.1) is 0 Å². The zero-order chi connectivity index (χ0) is 47.9. The Morgan fingerprint density at radius 3 is 1.58 bits per heavy atom. The van der Waals surface area contributed by atoms with Gasteiger partial charge in [0.05, 0.1) is 13.2 Å². The van der Waals surface area contributed by atoms with Crippen molar-refractivity contribution in [3.63, 3.8) is 0 Å². The van der Waals surface area contributed by atoms with E-state index in [0.29, 0.717) is 19.4 Å². The average molecular weight is 945 g/mol. The molecule has 0 aliphatic rings. The average Bonchev–Trinajstić information content (AvgIpc) is 3.32. The fraction of sp³-hybridized carbons (Fsp3) is 0.612. The number of amides is 5. The van der Waals surface area contributed by atoms with Gasteiger partial charge in [-0.25, -0.2) is 4.79 Å². The van der Waals surface area contributed by atoms with Crippen LogP contribution in [0.3, 0.4) is 0 Å². The number of benzene rings is 2. The zero-order valence-electron chi connectivity index (χ0n) is 38.8. The van der Waals surface area contributed by atoms with Crippen molar-refractivity contribution in [1.29, 1.82) is 0 Å². The molecule has 368 valence electrons. The van der Waals surface area contributed by atoms with Gasteiger partial charge in [-0.1, -0.05) is 138 Å². The molecular formula is C49H74ClN5O11. The Balaban J connectivity index is 1.53. The summed E-state index contributed by atoms with van der Waals surface area (Å²) in [5, 5.41) is 8.04. The molecule has 1 unspecified atom stereocenters. The van der Waals surface area contributed by atoms with Crippen LogP contribution in [-0.2, 0) is 65.7 Å². The molecule has 66 heavy (non-hydrogen) atoms. The molecule has 0 bridgehead atoms. The van der Waals surface area contributed by atoms with E-state index in [1.54, 1.807) is 0 Å². The molecule has 1 atom stereocenters. The molecule has 2 rings (SSSR count). The lowest BCUT2D eigenvalue weighted by molar-refractivity contribution is -0.149. The summed E-state index contributed by atoms with van der Waals surface area (Å²) in [4.78, 5) is 87.4. The monoisotopic (exact) mass is 944 g/mol. The van der Waals surface area contributed by atoms with Gasteiger partial charge in [-0.2, -0.15) is 0 Å². The molecule has 17 heteroatoms. The third-order valence-corrected chi connectivity index (χ3v) is 10.7. The van der Waals surface area contributed by atoms with Gasteiger partial charge in [-0.15, -0.1) is 11.6 Å². The molecule has 0 saturated carbocycles. The number of nitrogens with two attached hydrogens (primary N) is 1. The normalized spacial score (nSPS) is 11.3. The predicted octanol–water partition coefficient (Wildman–Crippen LogP) is 5.80. The van der Waals surface area contributed by atoms with Gasteiger partial charge in [0.25, 0.3) is 5.91 Å². The minimum absolute atomic E-state index is 0.0191. The standard InChI is InChI=1S/C49H74ClN5O11/c50-35-46(59)55(32-29-51)47(60)39-64-34-31-53-45(58)38-63-33-30-52-43(56)28-27-42(49(62)66-37-41-23-17-14-18-24-41)54-44(57)25-19-11-9-7-5-3-1-2-4-6-8-10-12-20-26-48(61)65-36-40-21-15-13-16-22-40/h13-18,21-24,42H,1-12,19-20,25-39,51H2,(H,52,56)(H,53,58)(H,54,57). The smallest absolute Gasteiger partial charge is 0.328 e. The second-order valence-electron chi connectivity index (χ2n) is 16.0. The maximum absolute atomic E-state index is 13.1. The first-order chi connectivity index (χ1) is 32.1. The number of alkyl halides is 1. The van der Waals surface area contributed by atoms with Gasteiger partial charge in [0.1, 0.15) is 38.3 Å². The Morgan fingerprint density at radius 1 is 0.561 bits per heavy atom. The molecule has 0 spiro atoms. The quantitative estimate of drug-likeness (QED) is 0.0355. The Kier molecular flexibility index (Phi) is 33.1. The first kappa shape index (κ1) is 57.2. The van der Waals surface area contributed by atoms with Crippen LogP contribution in [0.2, 0.25) is 0 Å². The first-order valence-corrected chi connectivity index (χ1v) is 24.1. The number of imide groups is 1. The fourth-order valence-electron chi connectivity index (χ4n) is 6.76. The summed E-state index contributed by atoms with van der Waals surface area (Å²) in [7, 11) is 0. The summed E-state index contributed by atoms with van der Waals surface area (Å²) < 4.78 is 21.4. The molecular weight excluding hydrogens is 870 g/mol. The van der Waals surface area contributed by atoms with E-state index in [1.165, 1.54) is 44.9 Å². The maximum Gasteiger partial charge on any atom is 0.328 e. The Bertz CT molecular complexity index is 1670. The van der Waals surface area contributed by atoms with E-state index in [1.807, 2.05) is 60.7 Å². The number of rotatable bonds is 39. The number of halogens is 1. The molecule has 0 radical (unpaired) electrons. The van der Waals surface area contributed by atoms with Crippen LogP contribution in [-0.4, -0.2) is 111 Å². The van der Waals surface area contributed by atoms with Crippen LogP contribution in [0.1, 0.15) is 127 Å². The second kappa shape index (κ2) is 38.2. The lowest BCUT2D eigenvalue weighted by atomic mass is 10.0. The van der Waals surface area contributed by atoms with Crippen molar-refractivity contribution in [2.45, 2.75) is 135 Å². The third kappa shape index (κ3) is 29.6. The van der Waals surface area contributed by atoms with Gasteiger partial charge in [-0.05, 0) is 30.4 Å². The van der Waals surface area contributed by atoms with Gasteiger partial charge in [-0.3, -0.25) is 33.7 Å². The minimum Gasteiger partial charge on any atom is -0.461 e. The topological polar surface area (TPSA) is 222 Å². The zero-order valence-corrected chi connectivity index (χ0v) is 39.5. The van der Waals surface area contributed by atoms with Crippen LogP contribution in [0.5, 0.6) is 0 Å². The number of hydrogen-bond acceptors (Lipinski definition) is 12. The van der Waals surface area contributed by atoms with E-state index >= 15 is 0 Å². The Morgan fingerprint density at radius 2 is 1.05 bits per heavy atom. The van der Waals surface area contributed by atoms with Crippen LogP contribution in [0.25, 0.3) is 0 Å². The Hall–Kier alpha value is -4.90. The number of hydrogen-bond donors (Lipinski definition) is 4. The van der Waals surface area contributed by atoms with E-state index in [9.17, 15) is 33.6 Å². The highest BCUT2D eigenvalue weighted by Crippen LogP contribution is 2.15. The molecule has 0 fully saturated rings. The summed E-state index contributed by atoms with van der Waals surface area (Å²) in [5.41, 5.74) is 7.24. The highest BCUT2D eigenvalue weighted by molar-refractivity contribution is 6.28. The molecule has 16 nitrogen and oxygen atoms in total. The number of nitrogens with zero attached hydrogens (tertiary/aromatic N) is 1. The fourth-order valence-corrected chi connectivity index (χ4v) is 6.91. The van der Waals surface area contributed by atoms with E-state index in [0.717, 1.165) is 54.6 Å². The van der Waals surface area contributed by atoms with Crippen molar-refractivity contribution >= 4 is 53.1 Å². The number of esters is 2. The SMILES string of the molecule is NCCN(C(=O)CCl)C(=O)COCCNC(=O)COCCNC(=O)CCC(NC(=O)CCCCCCCCCCCCCCCCC(=O)OCc1ccccc1)C(=O)OCc1ccccc1. The number of carbonyl (C=O) groups excluding carboxylic acids is 7. The lowest BCUT2D eigenvalue weighted by Crippen LogP contribution is -2.43. The van der Waals surface area contributed by atoms with Crippen molar-refractivity contribution in [2.75, 3.05) is 58.5 Å². The molecule has 0 aromatic heterocycles. The molecule has 0 aliphatic carbocycles. The summed E-state index contributed by atoms with van der Waals surface area (Å²) in [6.07, 6.45) is 16.1. The molecule has 5 amide bonds. The number of carbonyl (C=O) groups is 7. The largest absolute Gasteiger partial charge is 0.461 e. The first-order valence-electron chi connectivity index (χ1n) is 23.6. The van der Waals surface area contributed by atoms with Gasteiger partial charge >= 0.3 is 11.9 Å². The van der Waals surface area contributed by atoms with Crippen molar-refractivity contribution < 1.29 is 52.5 Å². The highest BCUT2D eigenvalue weighted by atomic mass is 35.5. The van der Waals surface area contributed by atoms with Gasteiger partial charge in [0.2, 0.25) is 23.6 Å². The van der Waals surface area contributed by atoms with Gasteiger partial charge < -0.3 is 40.6 Å². The molecule has 0 saturated heterocycles. The molecule has 0 aliphatic heterocycles. The number of unbranched alkanes of at least 4 members (excludes halogenated alkanes) is 13. The summed E-state index contributed by atoms with van der Waals surface area (Å²) in [5.74, 6) is -3.30. The Labute approximate surface area is 396 Å². The minimum atomic E-state index is -0.992. The number of ether oxygens (including phenoxy) is 4. The van der Waals surface area contributed by atoms with E-state index < -0.39 is 29.7 Å². The van der Waals surface area contributed by atoms with E-state index in [2.05, 4.69) is 16.0 Å². The van der Waals surface area contributed by atoms with Crippen molar-refractivity contribution in [2.24, 2.45) is 5.73 Å². The summed E-state index contributed by atoms with van der Waals surface area (Å²) in [6.45, 7) is 0.140. The van der Waals surface area contributed by atoms with Crippen LogP contribution >= 0.6 is 11.6 Å². The highest BCUT2D eigenvalue weighted by Gasteiger charge is 2.24. The van der Waals surface area contributed by atoms with Crippen molar-refractivity contribution in [1.82, 2.24) is 20.9 Å². The maximum atomic E-state index is 13.1. The number of nitrogens with one attached hydrogen (secondary N) is 3. The summed E-state index contributed by atoms with van der Waals surface area (Å²) >= 11 is 5.52. The van der Waals surface area contributed by atoms with Crippen molar-refractivity contribution in [3.8, 4) is 0 Å².